The predicted octanol–water partition coefficient (Wildman–Crippen LogP) is 2.64. The summed E-state index contributed by atoms with van der Waals surface area (Å²) in [5.74, 6) is -0.0496. The number of hydrogen-bond acceptors (Lipinski definition) is 3. The molecule has 1 heterocycles. The van der Waals surface area contributed by atoms with Crippen LogP contribution in [0.15, 0.2) is 24.3 Å². The standard InChI is InChI=1S/C12H9FN2O/c1-2-16-12-9(7-14)5-8-6-10(13)3-4-11(8)15-12/h3-6H,2H2,1H3. The molecular weight excluding hydrogens is 207 g/mol. The Morgan fingerprint density at radius 3 is 2.94 bits per heavy atom. The smallest absolute Gasteiger partial charge is 0.232 e. The van der Waals surface area contributed by atoms with E-state index >= 15 is 0 Å². The maximum absolute atomic E-state index is 13.0. The molecule has 0 atom stereocenters. The second kappa shape index (κ2) is 4.15. The molecule has 0 spiro atoms. The number of aromatic nitrogens is 1. The molecule has 0 bridgehead atoms. The van der Waals surface area contributed by atoms with Gasteiger partial charge in [0.15, 0.2) is 0 Å². The van der Waals surface area contributed by atoms with Gasteiger partial charge in [-0.3, -0.25) is 0 Å². The lowest BCUT2D eigenvalue weighted by atomic mass is 10.1. The number of ether oxygens (including phenoxy) is 1. The monoisotopic (exact) mass is 216 g/mol. The van der Waals surface area contributed by atoms with Crippen LogP contribution in [0.4, 0.5) is 4.39 Å². The van der Waals surface area contributed by atoms with Gasteiger partial charge in [0.05, 0.1) is 12.1 Å². The maximum atomic E-state index is 13.0. The first kappa shape index (κ1) is 10.4. The van der Waals surface area contributed by atoms with Gasteiger partial charge in [0.1, 0.15) is 17.4 Å². The van der Waals surface area contributed by atoms with Gasteiger partial charge in [-0.2, -0.15) is 5.26 Å². The van der Waals surface area contributed by atoms with Gasteiger partial charge in [0.2, 0.25) is 5.88 Å². The molecule has 0 aliphatic rings. The van der Waals surface area contributed by atoms with Crippen LogP contribution in [0, 0.1) is 17.1 Å². The lowest BCUT2D eigenvalue weighted by molar-refractivity contribution is 0.327. The average Bonchev–Trinajstić information content (AvgIpc) is 2.29. The van der Waals surface area contributed by atoms with E-state index in [1.54, 1.807) is 12.1 Å². The summed E-state index contributed by atoms with van der Waals surface area (Å²) >= 11 is 0. The van der Waals surface area contributed by atoms with Crippen molar-refractivity contribution in [3.8, 4) is 11.9 Å². The Morgan fingerprint density at radius 1 is 1.44 bits per heavy atom. The van der Waals surface area contributed by atoms with Gasteiger partial charge >= 0.3 is 0 Å². The van der Waals surface area contributed by atoms with Crippen LogP contribution in [-0.2, 0) is 0 Å². The van der Waals surface area contributed by atoms with Crippen LogP contribution in [0.5, 0.6) is 5.88 Å². The number of benzene rings is 1. The minimum absolute atomic E-state index is 0.295. The summed E-state index contributed by atoms with van der Waals surface area (Å²) < 4.78 is 18.2. The van der Waals surface area contributed by atoms with Crippen molar-refractivity contribution in [3.63, 3.8) is 0 Å². The fourth-order valence-corrected chi connectivity index (χ4v) is 1.46. The van der Waals surface area contributed by atoms with E-state index in [9.17, 15) is 4.39 Å². The highest BCUT2D eigenvalue weighted by atomic mass is 19.1. The Balaban J connectivity index is 2.66. The Morgan fingerprint density at radius 2 is 2.25 bits per heavy atom. The quantitative estimate of drug-likeness (QED) is 0.775. The third-order valence-corrected chi connectivity index (χ3v) is 2.14. The van der Waals surface area contributed by atoms with E-state index < -0.39 is 0 Å². The summed E-state index contributed by atoms with van der Waals surface area (Å²) in [7, 11) is 0. The van der Waals surface area contributed by atoms with E-state index in [2.05, 4.69) is 4.98 Å². The van der Waals surface area contributed by atoms with E-state index in [4.69, 9.17) is 10.00 Å². The molecule has 0 aliphatic carbocycles. The van der Waals surface area contributed by atoms with E-state index in [0.717, 1.165) is 0 Å². The van der Waals surface area contributed by atoms with Gasteiger partial charge in [-0.1, -0.05) is 0 Å². The van der Waals surface area contributed by atoms with Crippen LogP contribution in [0.2, 0.25) is 0 Å². The summed E-state index contributed by atoms with van der Waals surface area (Å²) in [6.45, 7) is 2.26. The summed E-state index contributed by atoms with van der Waals surface area (Å²) in [6, 6.07) is 7.80. The van der Waals surface area contributed by atoms with Gasteiger partial charge in [0.25, 0.3) is 0 Å². The van der Waals surface area contributed by atoms with Crippen molar-refractivity contribution in [2.45, 2.75) is 6.92 Å². The first-order chi connectivity index (χ1) is 7.74. The minimum Gasteiger partial charge on any atom is -0.477 e. The largest absolute Gasteiger partial charge is 0.477 e. The van der Waals surface area contributed by atoms with Crippen molar-refractivity contribution >= 4 is 10.9 Å². The molecule has 2 aromatic rings. The molecule has 0 saturated heterocycles. The van der Waals surface area contributed by atoms with Crippen LogP contribution in [0.1, 0.15) is 12.5 Å². The zero-order valence-corrected chi connectivity index (χ0v) is 8.70. The first-order valence-electron chi connectivity index (χ1n) is 4.88. The Bertz CT molecular complexity index is 575. The minimum atomic E-state index is -0.345. The van der Waals surface area contributed by atoms with Crippen LogP contribution >= 0.6 is 0 Å². The van der Waals surface area contributed by atoms with Crippen LogP contribution < -0.4 is 4.74 Å². The maximum Gasteiger partial charge on any atom is 0.232 e. The number of pyridine rings is 1. The third-order valence-electron chi connectivity index (χ3n) is 2.14. The van der Waals surface area contributed by atoms with E-state index in [0.29, 0.717) is 29.0 Å². The van der Waals surface area contributed by atoms with Crippen molar-refractivity contribution in [2.75, 3.05) is 6.61 Å². The number of nitrogens with zero attached hydrogens (tertiary/aromatic N) is 2. The molecule has 0 unspecified atom stereocenters. The lowest BCUT2D eigenvalue weighted by Gasteiger charge is -2.05. The van der Waals surface area contributed by atoms with Gasteiger partial charge in [-0.05, 0) is 31.2 Å². The van der Waals surface area contributed by atoms with E-state index in [-0.39, 0.29) is 5.82 Å². The molecule has 4 heteroatoms. The molecule has 0 N–H and O–H groups in total. The Labute approximate surface area is 92.1 Å². The van der Waals surface area contributed by atoms with Crippen molar-refractivity contribution in [1.29, 1.82) is 5.26 Å². The van der Waals surface area contributed by atoms with Gasteiger partial charge < -0.3 is 4.74 Å². The van der Waals surface area contributed by atoms with Gasteiger partial charge in [-0.25, -0.2) is 9.37 Å². The van der Waals surface area contributed by atoms with Crippen LogP contribution in [-0.4, -0.2) is 11.6 Å². The fourth-order valence-electron chi connectivity index (χ4n) is 1.46. The Hall–Kier alpha value is -2.15. The zero-order chi connectivity index (χ0) is 11.5. The molecule has 0 aliphatic heterocycles. The van der Waals surface area contributed by atoms with Crippen molar-refractivity contribution < 1.29 is 9.13 Å². The zero-order valence-electron chi connectivity index (χ0n) is 8.70. The number of hydrogen-bond donors (Lipinski definition) is 0. The predicted molar refractivity (Wildman–Crippen MR) is 57.6 cm³/mol. The highest BCUT2D eigenvalue weighted by Gasteiger charge is 2.07. The van der Waals surface area contributed by atoms with Crippen molar-refractivity contribution in [3.05, 3.63) is 35.6 Å². The Kier molecular flexibility index (Phi) is 2.69. The summed E-state index contributed by atoms with van der Waals surface area (Å²) in [4.78, 5) is 4.17. The highest BCUT2D eigenvalue weighted by molar-refractivity contribution is 5.81. The molecule has 80 valence electrons. The second-order valence-electron chi connectivity index (χ2n) is 3.22. The molecule has 0 radical (unpaired) electrons. The number of nitriles is 1. The summed E-state index contributed by atoms with van der Waals surface area (Å²) in [6.07, 6.45) is 0. The molecule has 3 nitrogen and oxygen atoms in total. The third kappa shape index (κ3) is 1.80. The van der Waals surface area contributed by atoms with E-state index in [1.165, 1.54) is 12.1 Å². The summed E-state index contributed by atoms with van der Waals surface area (Å²) in [5.41, 5.74) is 0.934. The lowest BCUT2D eigenvalue weighted by Crippen LogP contribution is -1.98. The topological polar surface area (TPSA) is 45.9 Å². The first-order valence-corrected chi connectivity index (χ1v) is 4.88. The SMILES string of the molecule is CCOc1nc2ccc(F)cc2cc1C#N. The molecule has 2 rings (SSSR count). The average molecular weight is 216 g/mol. The normalized spacial score (nSPS) is 10.1. The highest BCUT2D eigenvalue weighted by Crippen LogP contribution is 2.22. The van der Waals surface area contributed by atoms with Crippen molar-refractivity contribution in [1.82, 2.24) is 4.98 Å². The molecule has 0 fully saturated rings. The molecule has 16 heavy (non-hydrogen) atoms. The second-order valence-corrected chi connectivity index (χ2v) is 3.22. The van der Waals surface area contributed by atoms with Gasteiger partial charge in [-0.15, -0.1) is 0 Å². The number of fused-ring (bicyclic) bond motifs is 1. The van der Waals surface area contributed by atoms with Crippen LogP contribution in [0.3, 0.4) is 0 Å². The summed E-state index contributed by atoms with van der Waals surface area (Å²) in [5, 5.41) is 9.51. The molecule has 1 aromatic carbocycles. The van der Waals surface area contributed by atoms with Crippen molar-refractivity contribution in [2.24, 2.45) is 0 Å². The number of rotatable bonds is 2. The number of halogens is 1. The van der Waals surface area contributed by atoms with Crippen LogP contribution in [0.25, 0.3) is 10.9 Å². The molecule has 0 amide bonds. The van der Waals surface area contributed by atoms with E-state index in [1.807, 2.05) is 13.0 Å². The molecule has 0 saturated carbocycles. The molecular formula is C12H9FN2O. The molecule has 1 aromatic heterocycles. The van der Waals surface area contributed by atoms with Gasteiger partial charge in [0, 0.05) is 5.39 Å². The fraction of sp³-hybridized carbons (Fsp3) is 0.167.